The molecular formula is C20H19ClN6O2S. The molecule has 0 bridgehead atoms. The summed E-state index contributed by atoms with van der Waals surface area (Å²) in [7, 11) is 0. The van der Waals surface area contributed by atoms with Crippen molar-refractivity contribution in [2.45, 2.75) is 6.54 Å². The minimum Gasteiger partial charge on any atom is -0.338 e. The van der Waals surface area contributed by atoms with Crippen LogP contribution in [0.25, 0.3) is 10.7 Å². The molecular weight excluding hydrogens is 424 g/mol. The largest absolute Gasteiger partial charge is 0.338 e. The number of nitrogens with one attached hydrogen (secondary N) is 1. The monoisotopic (exact) mass is 442 g/mol. The highest BCUT2D eigenvalue weighted by molar-refractivity contribution is 7.13. The van der Waals surface area contributed by atoms with E-state index in [9.17, 15) is 10.1 Å². The van der Waals surface area contributed by atoms with E-state index in [0.717, 1.165) is 31.1 Å². The Morgan fingerprint density at radius 3 is 2.80 bits per heavy atom. The molecule has 0 saturated carbocycles. The SMILES string of the molecule is N#Cc1ccc(Cl)cc1NC(=O)CN1CCN(Cc2nc(-c3cccs3)no2)CC1. The average Bonchev–Trinajstić information content (AvgIpc) is 3.41. The number of hydrogen-bond acceptors (Lipinski definition) is 8. The fraction of sp³-hybridized carbons (Fsp3) is 0.300. The van der Waals surface area contributed by atoms with Crippen LogP contribution in [0, 0.1) is 11.3 Å². The molecule has 1 N–H and O–H groups in total. The Balaban J connectivity index is 1.25. The molecule has 0 unspecified atom stereocenters. The van der Waals surface area contributed by atoms with Gasteiger partial charge in [0.2, 0.25) is 17.6 Å². The number of carbonyl (C=O) groups excluding carboxylic acids is 1. The second kappa shape index (κ2) is 9.36. The molecule has 0 radical (unpaired) electrons. The number of amides is 1. The van der Waals surface area contributed by atoms with Crippen molar-refractivity contribution in [1.29, 1.82) is 5.26 Å². The summed E-state index contributed by atoms with van der Waals surface area (Å²) >= 11 is 7.55. The molecule has 3 aromatic rings. The number of rotatable bonds is 6. The molecule has 10 heteroatoms. The first-order valence-corrected chi connectivity index (χ1v) is 10.7. The van der Waals surface area contributed by atoms with Crippen molar-refractivity contribution in [3.63, 3.8) is 0 Å². The highest BCUT2D eigenvalue weighted by Crippen LogP contribution is 2.22. The summed E-state index contributed by atoms with van der Waals surface area (Å²) in [6.07, 6.45) is 0. The number of nitriles is 1. The van der Waals surface area contributed by atoms with E-state index in [1.807, 2.05) is 17.5 Å². The van der Waals surface area contributed by atoms with Crippen LogP contribution < -0.4 is 5.32 Å². The third kappa shape index (κ3) is 5.04. The van der Waals surface area contributed by atoms with Gasteiger partial charge >= 0.3 is 0 Å². The van der Waals surface area contributed by atoms with Crippen molar-refractivity contribution in [3.8, 4) is 16.8 Å². The number of halogens is 1. The molecule has 1 saturated heterocycles. The van der Waals surface area contributed by atoms with Crippen LogP contribution >= 0.6 is 22.9 Å². The van der Waals surface area contributed by atoms with E-state index in [2.05, 4.69) is 31.3 Å². The van der Waals surface area contributed by atoms with Gasteiger partial charge in [0.25, 0.3) is 0 Å². The third-order valence-electron chi connectivity index (χ3n) is 4.78. The molecule has 0 aliphatic carbocycles. The van der Waals surface area contributed by atoms with E-state index in [1.54, 1.807) is 29.5 Å². The maximum absolute atomic E-state index is 12.4. The molecule has 4 rings (SSSR count). The lowest BCUT2D eigenvalue weighted by atomic mass is 10.2. The van der Waals surface area contributed by atoms with E-state index in [4.69, 9.17) is 16.1 Å². The Labute approximate surface area is 182 Å². The lowest BCUT2D eigenvalue weighted by Crippen LogP contribution is -2.48. The van der Waals surface area contributed by atoms with Crippen LogP contribution in [0.1, 0.15) is 11.5 Å². The van der Waals surface area contributed by atoms with Crippen molar-refractivity contribution in [3.05, 3.63) is 52.2 Å². The lowest BCUT2D eigenvalue weighted by Gasteiger charge is -2.33. The number of benzene rings is 1. The molecule has 3 heterocycles. The normalized spacial score (nSPS) is 15.1. The maximum atomic E-state index is 12.4. The summed E-state index contributed by atoms with van der Waals surface area (Å²) < 4.78 is 5.37. The predicted octanol–water partition coefficient (Wildman–Crippen LogP) is 3.08. The third-order valence-corrected chi connectivity index (χ3v) is 5.88. The fourth-order valence-electron chi connectivity index (χ4n) is 3.23. The Hall–Kier alpha value is -2.77. The van der Waals surface area contributed by atoms with E-state index in [-0.39, 0.29) is 12.5 Å². The van der Waals surface area contributed by atoms with Gasteiger partial charge in [-0.1, -0.05) is 22.8 Å². The number of carbonyl (C=O) groups is 1. The highest BCUT2D eigenvalue weighted by atomic mass is 35.5. The predicted molar refractivity (Wildman–Crippen MR) is 114 cm³/mol. The minimum absolute atomic E-state index is 0.167. The van der Waals surface area contributed by atoms with Crippen LogP contribution in [0.4, 0.5) is 5.69 Å². The molecule has 1 fully saturated rings. The molecule has 1 aromatic carbocycles. The molecule has 8 nitrogen and oxygen atoms in total. The lowest BCUT2D eigenvalue weighted by molar-refractivity contribution is -0.117. The smallest absolute Gasteiger partial charge is 0.241 e. The van der Waals surface area contributed by atoms with Crippen LogP contribution in [0.2, 0.25) is 5.02 Å². The molecule has 2 aromatic heterocycles. The summed E-state index contributed by atoms with van der Waals surface area (Å²) in [5.41, 5.74) is 0.825. The molecule has 0 spiro atoms. The topological polar surface area (TPSA) is 98.3 Å². The quantitative estimate of drug-likeness (QED) is 0.626. The minimum atomic E-state index is -0.167. The summed E-state index contributed by atoms with van der Waals surface area (Å²) in [5.74, 6) is 1.04. The van der Waals surface area contributed by atoms with Gasteiger partial charge in [0.05, 0.1) is 29.2 Å². The molecule has 30 heavy (non-hydrogen) atoms. The molecule has 154 valence electrons. The van der Waals surface area contributed by atoms with Crippen molar-refractivity contribution in [1.82, 2.24) is 19.9 Å². The molecule has 1 aliphatic heterocycles. The van der Waals surface area contributed by atoms with Gasteiger partial charge in [-0.05, 0) is 29.6 Å². The second-order valence-electron chi connectivity index (χ2n) is 6.89. The fourth-order valence-corrected chi connectivity index (χ4v) is 4.05. The zero-order valence-corrected chi connectivity index (χ0v) is 17.6. The maximum Gasteiger partial charge on any atom is 0.241 e. The summed E-state index contributed by atoms with van der Waals surface area (Å²) in [6, 6.07) is 10.8. The first kappa shape index (κ1) is 20.5. The van der Waals surface area contributed by atoms with Crippen molar-refractivity contribution >= 4 is 34.5 Å². The Kier molecular flexibility index (Phi) is 6.40. The van der Waals surface area contributed by atoms with Gasteiger partial charge in [0, 0.05) is 31.2 Å². The summed E-state index contributed by atoms with van der Waals surface area (Å²) in [4.78, 5) is 22.1. The Morgan fingerprint density at radius 1 is 1.27 bits per heavy atom. The zero-order chi connectivity index (χ0) is 20.9. The van der Waals surface area contributed by atoms with Crippen LogP contribution in [-0.4, -0.2) is 58.6 Å². The zero-order valence-electron chi connectivity index (χ0n) is 16.0. The van der Waals surface area contributed by atoms with Gasteiger partial charge in [0.1, 0.15) is 6.07 Å². The molecule has 1 amide bonds. The summed E-state index contributed by atoms with van der Waals surface area (Å²) in [5, 5.41) is 18.4. The second-order valence-corrected chi connectivity index (χ2v) is 8.28. The van der Waals surface area contributed by atoms with Gasteiger partial charge in [-0.25, -0.2) is 0 Å². The van der Waals surface area contributed by atoms with E-state index < -0.39 is 0 Å². The van der Waals surface area contributed by atoms with Crippen molar-refractivity contribution in [2.24, 2.45) is 0 Å². The van der Waals surface area contributed by atoms with Crippen molar-refractivity contribution < 1.29 is 9.32 Å². The number of nitrogens with zero attached hydrogens (tertiary/aromatic N) is 5. The van der Waals surface area contributed by atoms with Crippen LogP contribution in [-0.2, 0) is 11.3 Å². The summed E-state index contributed by atoms with van der Waals surface area (Å²) in [6.45, 7) is 3.94. The van der Waals surface area contributed by atoms with Gasteiger partial charge in [-0.3, -0.25) is 14.6 Å². The first-order chi connectivity index (χ1) is 14.6. The highest BCUT2D eigenvalue weighted by Gasteiger charge is 2.21. The number of anilines is 1. The van der Waals surface area contributed by atoms with Crippen LogP contribution in [0.15, 0.2) is 40.2 Å². The van der Waals surface area contributed by atoms with Gasteiger partial charge < -0.3 is 9.84 Å². The molecule has 1 aliphatic rings. The number of piperazine rings is 1. The number of hydrogen-bond donors (Lipinski definition) is 1. The van der Waals surface area contributed by atoms with E-state index in [0.29, 0.717) is 34.5 Å². The number of thiophene rings is 1. The van der Waals surface area contributed by atoms with Gasteiger partial charge in [-0.2, -0.15) is 10.2 Å². The number of aromatic nitrogens is 2. The Bertz CT molecular complexity index is 1050. The Morgan fingerprint density at radius 2 is 2.07 bits per heavy atom. The van der Waals surface area contributed by atoms with Crippen LogP contribution in [0.5, 0.6) is 0 Å². The van der Waals surface area contributed by atoms with Crippen molar-refractivity contribution in [2.75, 3.05) is 38.0 Å². The average molecular weight is 443 g/mol. The van der Waals surface area contributed by atoms with E-state index in [1.165, 1.54) is 0 Å². The van der Waals surface area contributed by atoms with Gasteiger partial charge in [-0.15, -0.1) is 11.3 Å². The van der Waals surface area contributed by atoms with E-state index >= 15 is 0 Å². The first-order valence-electron chi connectivity index (χ1n) is 9.41. The van der Waals surface area contributed by atoms with Gasteiger partial charge in [0.15, 0.2) is 0 Å². The molecule has 0 atom stereocenters. The van der Waals surface area contributed by atoms with Crippen LogP contribution in [0.3, 0.4) is 0 Å². The standard InChI is InChI=1S/C20H19ClN6O2S/c21-15-4-3-14(11-22)16(10-15)23-18(28)12-26-5-7-27(8-6-26)13-19-24-20(25-29-19)17-2-1-9-30-17/h1-4,9-10H,5-8,12-13H2,(H,23,28).